The predicted octanol–water partition coefficient (Wildman–Crippen LogP) is 1.28. The lowest BCUT2D eigenvalue weighted by Crippen LogP contribution is -2.54. The van der Waals surface area contributed by atoms with Crippen LogP contribution in [-0.2, 0) is 4.79 Å². The highest BCUT2D eigenvalue weighted by Crippen LogP contribution is 2.18. The number of rotatable bonds is 8. The SMILES string of the molecule is CN=C(NCCCOc1cccc(OC)c1)N1CCN(CC(=O)N2CCCC2)CC1. The van der Waals surface area contributed by atoms with Gasteiger partial charge in [-0.3, -0.25) is 14.7 Å². The minimum Gasteiger partial charge on any atom is -0.497 e. The molecule has 2 saturated heterocycles. The number of methoxy groups -OCH3 is 1. The molecule has 2 heterocycles. The van der Waals surface area contributed by atoms with E-state index in [-0.39, 0.29) is 5.91 Å². The molecule has 2 aliphatic heterocycles. The zero-order valence-electron chi connectivity index (χ0n) is 18.3. The van der Waals surface area contributed by atoms with Crippen molar-refractivity contribution in [2.75, 3.05) is 73.1 Å². The molecule has 3 rings (SSSR count). The number of nitrogens with one attached hydrogen (secondary N) is 1. The first-order chi connectivity index (χ1) is 14.7. The number of carbonyl (C=O) groups excluding carboxylic acids is 1. The van der Waals surface area contributed by atoms with Gasteiger partial charge in [-0.1, -0.05) is 6.07 Å². The number of likely N-dealkylation sites (tertiary alicyclic amines) is 1. The van der Waals surface area contributed by atoms with E-state index in [0.717, 1.165) is 82.5 Å². The zero-order valence-corrected chi connectivity index (χ0v) is 18.3. The Morgan fingerprint density at radius 2 is 1.80 bits per heavy atom. The monoisotopic (exact) mass is 417 g/mol. The molecule has 0 saturated carbocycles. The fraction of sp³-hybridized carbons (Fsp3) is 0.636. The van der Waals surface area contributed by atoms with Gasteiger partial charge in [0, 0.05) is 58.9 Å². The molecule has 2 fully saturated rings. The maximum atomic E-state index is 12.3. The number of ether oxygens (including phenoxy) is 2. The number of carbonyl (C=O) groups is 1. The first-order valence-electron chi connectivity index (χ1n) is 10.9. The summed E-state index contributed by atoms with van der Waals surface area (Å²) in [6, 6.07) is 7.65. The largest absolute Gasteiger partial charge is 0.497 e. The van der Waals surface area contributed by atoms with Crippen molar-refractivity contribution in [2.24, 2.45) is 4.99 Å². The number of guanidine groups is 1. The van der Waals surface area contributed by atoms with Gasteiger partial charge in [0.1, 0.15) is 11.5 Å². The van der Waals surface area contributed by atoms with E-state index in [0.29, 0.717) is 13.2 Å². The van der Waals surface area contributed by atoms with Gasteiger partial charge < -0.3 is 24.6 Å². The van der Waals surface area contributed by atoms with Crippen molar-refractivity contribution in [3.63, 3.8) is 0 Å². The summed E-state index contributed by atoms with van der Waals surface area (Å²) in [5.74, 6) is 2.81. The van der Waals surface area contributed by atoms with E-state index >= 15 is 0 Å². The molecule has 0 unspecified atom stereocenters. The van der Waals surface area contributed by atoms with Crippen LogP contribution in [0, 0.1) is 0 Å². The fourth-order valence-corrected chi connectivity index (χ4v) is 3.86. The molecule has 0 aliphatic carbocycles. The van der Waals surface area contributed by atoms with Crippen molar-refractivity contribution in [1.82, 2.24) is 20.0 Å². The van der Waals surface area contributed by atoms with E-state index in [1.54, 1.807) is 7.11 Å². The molecule has 0 aromatic heterocycles. The van der Waals surface area contributed by atoms with E-state index in [9.17, 15) is 4.79 Å². The summed E-state index contributed by atoms with van der Waals surface area (Å²) in [5, 5.41) is 3.43. The highest BCUT2D eigenvalue weighted by Gasteiger charge is 2.24. The summed E-state index contributed by atoms with van der Waals surface area (Å²) in [5.41, 5.74) is 0. The summed E-state index contributed by atoms with van der Waals surface area (Å²) in [4.78, 5) is 23.3. The molecule has 0 atom stereocenters. The highest BCUT2D eigenvalue weighted by atomic mass is 16.5. The molecule has 1 amide bonds. The van der Waals surface area contributed by atoms with Gasteiger partial charge in [-0.15, -0.1) is 0 Å². The Morgan fingerprint density at radius 1 is 1.07 bits per heavy atom. The zero-order chi connectivity index (χ0) is 21.2. The summed E-state index contributed by atoms with van der Waals surface area (Å²) in [6.07, 6.45) is 3.17. The topological polar surface area (TPSA) is 69.6 Å². The van der Waals surface area contributed by atoms with Gasteiger partial charge in [-0.2, -0.15) is 0 Å². The van der Waals surface area contributed by atoms with Crippen LogP contribution >= 0.6 is 0 Å². The molecular formula is C22H35N5O3. The first kappa shape index (κ1) is 22.2. The average molecular weight is 418 g/mol. The second-order valence-electron chi connectivity index (χ2n) is 7.71. The summed E-state index contributed by atoms with van der Waals surface area (Å²) < 4.78 is 11.0. The number of aliphatic imine (C=N–C) groups is 1. The normalized spacial score (nSPS) is 17.9. The van der Waals surface area contributed by atoms with Crippen molar-refractivity contribution < 1.29 is 14.3 Å². The van der Waals surface area contributed by atoms with Gasteiger partial charge in [0.25, 0.3) is 0 Å². The standard InChI is InChI=1S/C22H35N5O3/c1-23-22(24-9-6-16-30-20-8-5-7-19(17-20)29-2)27-14-12-25(13-15-27)18-21(28)26-10-3-4-11-26/h5,7-8,17H,3-4,6,9-16,18H2,1-2H3,(H,23,24). The lowest BCUT2D eigenvalue weighted by Gasteiger charge is -2.36. The minimum absolute atomic E-state index is 0.277. The highest BCUT2D eigenvalue weighted by molar-refractivity contribution is 5.80. The maximum absolute atomic E-state index is 12.3. The lowest BCUT2D eigenvalue weighted by atomic mass is 10.3. The van der Waals surface area contributed by atoms with Crippen LogP contribution in [0.5, 0.6) is 11.5 Å². The third-order valence-electron chi connectivity index (χ3n) is 5.62. The fourth-order valence-electron chi connectivity index (χ4n) is 3.86. The van der Waals surface area contributed by atoms with Gasteiger partial charge in [-0.25, -0.2) is 0 Å². The van der Waals surface area contributed by atoms with Crippen molar-refractivity contribution in [3.05, 3.63) is 24.3 Å². The number of nitrogens with zero attached hydrogens (tertiary/aromatic N) is 4. The molecule has 0 spiro atoms. The molecule has 30 heavy (non-hydrogen) atoms. The quantitative estimate of drug-likeness (QED) is 0.390. The van der Waals surface area contributed by atoms with E-state index in [2.05, 4.69) is 20.1 Å². The number of piperazine rings is 1. The molecule has 1 aromatic carbocycles. The molecule has 1 N–H and O–H groups in total. The van der Waals surface area contributed by atoms with Crippen LogP contribution in [-0.4, -0.2) is 99.7 Å². The van der Waals surface area contributed by atoms with Crippen molar-refractivity contribution in [1.29, 1.82) is 0 Å². The van der Waals surface area contributed by atoms with Gasteiger partial charge in [0.05, 0.1) is 20.3 Å². The lowest BCUT2D eigenvalue weighted by molar-refractivity contribution is -0.131. The number of amides is 1. The molecule has 1 aromatic rings. The average Bonchev–Trinajstić information content (AvgIpc) is 3.32. The van der Waals surface area contributed by atoms with Crippen LogP contribution in [0.4, 0.5) is 0 Å². The molecular weight excluding hydrogens is 382 g/mol. The molecule has 0 radical (unpaired) electrons. The van der Waals surface area contributed by atoms with Crippen LogP contribution in [0.3, 0.4) is 0 Å². The summed E-state index contributed by atoms with van der Waals surface area (Å²) in [6.45, 7) is 7.36. The first-order valence-corrected chi connectivity index (χ1v) is 10.9. The maximum Gasteiger partial charge on any atom is 0.236 e. The molecule has 8 heteroatoms. The van der Waals surface area contributed by atoms with Crippen molar-refractivity contribution >= 4 is 11.9 Å². The Hall–Kier alpha value is -2.48. The third kappa shape index (κ3) is 6.52. The van der Waals surface area contributed by atoms with Crippen LogP contribution < -0.4 is 14.8 Å². The molecule has 166 valence electrons. The van der Waals surface area contributed by atoms with Gasteiger partial charge in [-0.05, 0) is 31.4 Å². The van der Waals surface area contributed by atoms with Crippen LogP contribution in [0.15, 0.2) is 29.3 Å². The van der Waals surface area contributed by atoms with Crippen LogP contribution in [0.25, 0.3) is 0 Å². The minimum atomic E-state index is 0.277. The smallest absolute Gasteiger partial charge is 0.236 e. The van der Waals surface area contributed by atoms with E-state index < -0.39 is 0 Å². The third-order valence-corrected chi connectivity index (χ3v) is 5.62. The van der Waals surface area contributed by atoms with Gasteiger partial charge in [0.2, 0.25) is 5.91 Å². The Kier molecular flexibility index (Phi) is 8.62. The number of hydrogen-bond donors (Lipinski definition) is 1. The Bertz CT molecular complexity index is 698. The summed E-state index contributed by atoms with van der Waals surface area (Å²) >= 11 is 0. The summed E-state index contributed by atoms with van der Waals surface area (Å²) in [7, 11) is 3.47. The van der Waals surface area contributed by atoms with Crippen molar-refractivity contribution in [3.8, 4) is 11.5 Å². The molecule has 8 nitrogen and oxygen atoms in total. The molecule has 2 aliphatic rings. The second kappa shape index (κ2) is 11.6. The van der Waals surface area contributed by atoms with Gasteiger partial charge in [0.15, 0.2) is 5.96 Å². The molecule has 0 bridgehead atoms. The number of hydrogen-bond acceptors (Lipinski definition) is 5. The van der Waals surface area contributed by atoms with Crippen molar-refractivity contribution in [2.45, 2.75) is 19.3 Å². The van der Waals surface area contributed by atoms with E-state index in [1.807, 2.05) is 36.2 Å². The predicted molar refractivity (Wildman–Crippen MR) is 118 cm³/mol. The number of benzene rings is 1. The van der Waals surface area contributed by atoms with E-state index in [4.69, 9.17) is 9.47 Å². The Labute approximate surface area is 179 Å². The van der Waals surface area contributed by atoms with E-state index in [1.165, 1.54) is 0 Å². The Morgan fingerprint density at radius 3 is 2.50 bits per heavy atom. The Balaban J connectivity index is 1.32. The van der Waals surface area contributed by atoms with Crippen LogP contribution in [0.1, 0.15) is 19.3 Å². The second-order valence-corrected chi connectivity index (χ2v) is 7.71. The van der Waals surface area contributed by atoms with Gasteiger partial charge >= 0.3 is 0 Å². The van der Waals surface area contributed by atoms with Crippen LogP contribution in [0.2, 0.25) is 0 Å².